The molecule has 1 amide bonds. The van der Waals surface area contributed by atoms with Crippen LogP contribution in [-0.4, -0.2) is 50.9 Å². The van der Waals surface area contributed by atoms with E-state index in [1.165, 1.54) is 16.4 Å². The lowest BCUT2D eigenvalue weighted by Gasteiger charge is -2.21. The number of carbonyl (C=O) groups excluding carboxylic acids is 1. The van der Waals surface area contributed by atoms with Crippen molar-refractivity contribution in [2.45, 2.75) is 43.7 Å². The standard InChI is InChI=1S/C16H25N3O3S/c1-12(2)19(3)23(21,22)15-8-6-13(7-9-15)16(20)18-11-14-5-4-10-17-14/h6-9,12,14,17H,4-5,10-11H2,1-3H3,(H,18,20). The van der Waals surface area contributed by atoms with Crippen LogP contribution in [0.3, 0.4) is 0 Å². The third-order valence-corrected chi connectivity index (χ3v) is 6.24. The summed E-state index contributed by atoms with van der Waals surface area (Å²) in [5.41, 5.74) is 0.467. The Morgan fingerprint density at radius 3 is 2.52 bits per heavy atom. The molecule has 0 aromatic heterocycles. The second kappa shape index (κ2) is 7.42. The molecule has 1 unspecified atom stereocenters. The number of amides is 1. The molecule has 1 aliphatic heterocycles. The first kappa shape index (κ1) is 17.9. The molecule has 1 aliphatic rings. The molecule has 1 fully saturated rings. The fraction of sp³-hybridized carbons (Fsp3) is 0.562. The van der Waals surface area contributed by atoms with Crippen molar-refractivity contribution in [2.75, 3.05) is 20.1 Å². The molecule has 23 heavy (non-hydrogen) atoms. The number of benzene rings is 1. The van der Waals surface area contributed by atoms with Crippen molar-refractivity contribution in [3.8, 4) is 0 Å². The van der Waals surface area contributed by atoms with Crippen LogP contribution >= 0.6 is 0 Å². The number of hydrogen-bond acceptors (Lipinski definition) is 4. The molecule has 0 spiro atoms. The molecule has 0 bridgehead atoms. The van der Waals surface area contributed by atoms with Gasteiger partial charge in [-0.25, -0.2) is 8.42 Å². The van der Waals surface area contributed by atoms with Crippen molar-refractivity contribution in [3.05, 3.63) is 29.8 Å². The first-order chi connectivity index (χ1) is 10.8. The van der Waals surface area contributed by atoms with Crippen LogP contribution in [0, 0.1) is 0 Å². The van der Waals surface area contributed by atoms with Crippen molar-refractivity contribution in [2.24, 2.45) is 0 Å². The van der Waals surface area contributed by atoms with Crippen LogP contribution in [0.25, 0.3) is 0 Å². The van der Waals surface area contributed by atoms with Gasteiger partial charge in [0.2, 0.25) is 10.0 Å². The summed E-state index contributed by atoms with van der Waals surface area (Å²) in [5, 5.41) is 6.19. The lowest BCUT2D eigenvalue weighted by Crippen LogP contribution is -2.37. The number of nitrogens with one attached hydrogen (secondary N) is 2. The van der Waals surface area contributed by atoms with Crippen molar-refractivity contribution < 1.29 is 13.2 Å². The van der Waals surface area contributed by atoms with Crippen LogP contribution in [-0.2, 0) is 10.0 Å². The predicted octanol–water partition coefficient (Wildman–Crippen LogP) is 1.20. The van der Waals surface area contributed by atoms with E-state index < -0.39 is 10.0 Å². The quantitative estimate of drug-likeness (QED) is 0.816. The topological polar surface area (TPSA) is 78.5 Å². The molecule has 0 saturated carbocycles. The zero-order valence-corrected chi connectivity index (χ0v) is 14.7. The summed E-state index contributed by atoms with van der Waals surface area (Å²) >= 11 is 0. The molecule has 0 radical (unpaired) electrons. The summed E-state index contributed by atoms with van der Waals surface area (Å²) in [7, 11) is -1.96. The van der Waals surface area contributed by atoms with E-state index in [-0.39, 0.29) is 16.8 Å². The Hall–Kier alpha value is -1.44. The van der Waals surface area contributed by atoms with Gasteiger partial charge in [0.15, 0.2) is 0 Å². The molecular formula is C16H25N3O3S. The average molecular weight is 339 g/mol. The maximum atomic E-state index is 12.4. The Balaban J connectivity index is 2.02. The van der Waals surface area contributed by atoms with Gasteiger partial charge in [-0.1, -0.05) is 0 Å². The highest BCUT2D eigenvalue weighted by molar-refractivity contribution is 7.89. The molecule has 6 nitrogen and oxygen atoms in total. The molecule has 128 valence electrons. The Kier molecular flexibility index (Phi) is 5.78. The minimum absolute atomic E-state index is 0.123. The van der Waals surface area contributed by atoms with E-state index in [4.69, 9.17) is 0 Å². The van der Waals surface area contributed by atoms with E-state index in [9.17, 15) is 13.2 Å². The maximum Gasteiger partial charge on any atom is 0.251 e. The summed E-state index contributed by atoms with van der Waals surface area (Å²) in [5.74, 6) is -0.181. The van der Waals surface area contributed by atoms with E-state index in [0.717, 1.165) is 19.4 Å². The highest BCUT2D eigenvalue weighted by Crippen LogP contribution is 2.17. The summed E-state index contributed by atoms with van der Waals surface area (Å²) in [6, 6.07) is 6.28. The predicted molar refractivity (Wildman–Crippen MR) is 89.9 cm³/mol. The van der Waals surface area contributed by atoms with Gasteiger partial charge in [-0.15, -0.1) is 0 Å². The Labute approximate surface area is 138 Å². The van der Waals surface area contributed by atoms with Crippen LogP contribution < -0.4 is 10.6 Å². The molecule has 1 aromatic rings. The summed E-state index contributed by atoms with van der Waals surface area (Å²) in [6.45, 7) is 5.22. The van der Waals surface area contributed by atoms with Crippen LogP contribution in [0.1, 0.15) is 37.0 Å². The number of sulfonamides is 1. The SMILES string of the molecule is CC(C)N(C)S(=O)(=O)c1ccc(C(=O)NCC2CCCN2)cc1. The molecule has 1 saturated heterocycles. The molecule has 2 rings (SSSR count). The molecule has 7 heteroatoms. The second-order valence-corrected chi connectivity index (χ2v) is 8.14. The van der Waals surface area contributed by atoms with Gasteiger partial charge in [-0.3, -0.25) is 4.79 Å². The molecule has 0 aliphatic carbocycles. The van der Waals surface area contributed by atoms with E-state index in [2.05, 4.69) is 10.6 Å². The summed E-state index contributed by atoms with van der Waals surface area (Å²) in [6.07, 6.45) is 2.20. The van der Waals surface area contributed by atoms with Gasteiger partial charge in [0, 0.05) is 31.2 Å². The molecule has 1 atom stereocenters. The van der Waals surface area contributed by atoms with E-state index >= 15 is 0 Å². The summed E-state index contributed by atoms with van der Waals surface area (Å²) < 4.78 is 26.1. The average Bonchev–Trinajstić information content (AvgIpc) is 3.05. The highest BCUT2D eigenvalue weighted by Gasteiger charge is 2.23. The van der Waals surface area contributed by atoms with Gasteiger partial charge in [0.25, 0.3) is 5.91 Å². The van der Waals surface area contributed by atoms with Crippen LogP contribution in [0.15, 0.2) is 29.2 Å². The Bertz CT molecular complexity index is 635. The number of nitrogens with zero attached hydrogens (tertiary/aromatic N) is 1. The van der Waals surface area contributed by atoms with Crippen LogP contribution in [0.2, 0.25) is 0 Å². The van der Waals surface area contributed by atoms with Crippen LogP contribution in [0.4, 0.5) is 0 Å². The lowest BCUT2D eigenvalue weighted by molar-refractivity contribution is 0.0950. The lowest BCUT2D eigenvalue weighted by atomic mass is 10.2. The fourth-order valence-electron chi connectivity index (χ4n) is 2.47. The van der Waals surface area contributed by atoms with E-state index in [1.807, 2.05) is 13.8 Å². The van der Waals surface area contributed by atoms with Gasteiger partial charge in [-0.05, 0) is 57.5 Å². The molecule has 2 N–H and O–H groups in total. The molecule has 1 heterocycles. The Morgan fingerprint density at radius 1 is 1.35 bits per heavy atom. The second-order valence-electron chi connectivity index (χ2n) is 6.14. The third-order valence-electron chi connectivity index (χ3n) is 4.19. The highest BCUT2D eigenvalue weighted by atomic mass is 32.2. The smallest absolute Gasteiger partial charge is 0.251 e. The van der Waals surface area contributed by atoms with Crippen molar-refractivity contribution in [1.29, 1.82) is 0 Å². The first-order valence-electron chi connectivity index (χ1n) is 7.92. The molecule has 1 aromatic carbocycles. The zero-order valence-electron chi connectivity index (χ0n) is 13.9. The normalized spacial score (nSPS) is 18.6. The number of rotatable bonds is 6. The van der Waals surface area contributed by atoms with Crippen LogP contribution in [0.5, 0.6) is 0 Å². The number of hydrogen-bond donors (Lipinski definition) is 2. The molecular weight excluding hydrogens is 314 g/mol. The maximum absolute atomic E-state index is 12.4. The van der Waals surface area contributed by atoms with Gasteiger partial charge < -0.3 is 10.6 Å². The fourth-order valence-corrected chi connectivity index (χ4v) is 3.84. The third kappa shape index (κ3) is 4.31. The van der Waals surface area contributed by atoms with E-state index in [1.54, 1.807) is 19.2 Å². The number of carbonyl (C=O) groups is 1. The largest absolute Gasteiger partial charge is 0.350 e. The van der Waals surface area contributed by atoms with Crippen molar-refractivity contribution in [3.63, 3.8) is 0 Å². The van der Waals surface area contributed by atoms with Crippen molar-refractivity contribution in [1.82, 2.24) is 14.9 Å². The minimum Gasteiger partial charge on any atom is -0.350 e. The van der Waals surface area contributed by atoms with E-state index in [0.29, 0.717) is 18.2 Å². The minimum atomic E-state index is -3.51. The Morgan fingerprint density at radius 2 is 2.00 bits per heavy atom. The van der Waals surface area contributed by atoms with Gasteiger partial charge in [0.1, 0.15) is 0 Å². The zero-order chi connectivity index (χ0) is 17.0. The summed E-state index contributed by atoms with van der Waals surface area (Å²) in [4.78, 5) is 12.3. The monoisotopic (exact) mass is 339 g/mol. The van der Waals surface area contributed by atoms with Gasteiger partial charge in [0.05, 0.1) is 4.90 Å². The van der Waals surface area contributed by atoms with Gasteiger partial charge in [-0.2, -0.15) is 4.31 Å². The van der Waals surface area contributed by atoms with Gasteiger partial charge >= 0.3 is 0 Å². The first-order valence-corrected chi connectivity index (χ1v) is 9.36. The van der Waals surface area contributed by atoms with Crippen molar-refractivity contribution >= 4 is 15.9 Å².